The van der Waals surface area contributed by atoms with E-state index in [4.69, 9.17) is 9.47 Å². The van der Waals surface area contributed by atoms with E-state index < -0.39 is 0 Å². The lowest BCUT2D eigenvalue weighted by Crippen LogP contribution is -2.25. The second-order valence-corrected chi connectivity index (χ2v) is 6.80. The van der Waals surface area contributed by atoms with Gasteiger partial charge in [-0.15, -0.1) is 0 Å². The molecule has 1 aliphatic heterocycles. The minimum absolute atomic E-state index is 0.0365. The zero-order valence-electron chi connectivity index (χ0n) is 15.6. The summed E-state index contributed by atoms with van der Waals surface area (Å²) in [4.78, 5) is 4.65. The maximum absolute atomic E-state index is 14.9. The molecule has 0 spiro atoms. The molecule has 1 aliphatic rings. The molecule has 4 nitrogen and oxygen atoms in total. The number of hydrogen-bond acceptors (Lipinski definition) is 3. The van der Waals surface area contributed by atoms with Crippen LogP contribution in [0.1, 0.15) is 18.5 Å². The van der Waals surface area contributed by atoms with Crippen molar-refractivity contribution in [1.29, 1.82) is 0 Å². The molecule has 2 atom stereocenters. The molecule has 4 rings (SSSR count). The quantitative estimate of drug-likeness (QED) is 0.660. The van der Waals surface area contributed by atoms with E-state index in [1.807, 2.05) is 60.9 Å². The van der Waals surface area contributed by atoms with Crippen LogP contribution in [0.25, 0.3) is 22.5 Å². The van der Waals surface area contributed by atoms with Crippen molar-refractivity contribution in [2.75, 3.05) is 19.8 Å². The third kappa shape index (κ3) is 3.40. The van der Waals surface area contributed by atoms with E-state index in [0.29, 0.717) is 25.4 Å². The first-order valence-corrected chi connectivity index (χ1v) is 9.27. The van der Waals surface area contributed by atoms with E-state index in [0.717, 1.165) is 22.5 Å². The lowest BCUT2D eigenvalue weighted by Gasteiger charge is -2.22. The number of nitrogens with zero attached hydrogens (tertiary/aromatic N) is 2. The van der Waals surface area contributed by atoms with E-state index >= 15 is 0 Å². The minimum Gasteiger partial charge on any atom is -0.376 e. The van der Waals surface area contributed by atoms with Gasteiger partial charge < -0.3 is 14.0 Å². The predicted molar refractivity (Wildman–Crippen MR) is 103 cm³/mol. The smallest absolute Gasteiger partial charge is 0.132 e. The number of rotatable bonds is 5. The molecule has 0 N–H and O–H groups in total. The Hall–Kier alpha value is -2.50. The van der Waals surface area contributed by atoms with Gasteiger partial charge in [-0.05, 0) is 31.5 Å². The van der Waals surface area contributed by atoms with E-state index in [-0.39, 0.29) is 18.0 Å². The molecule has 1 fully saturated rings. The topological polar surface area (TPSA) is 36.3 Å². The first-order chi connectivity index (χ1) is 13.2. The number of imidazole rings is 1. The molecule has 27 heavy (non-hydrogen) atoms. The van der Waals surface area contributed by atoms with Crippen molar-refractivity contribution in [3.05, 3.63) is 66.2 Å². The summed E-state index contributed by atoms with van der Waals surface area (Å²) in [6.45, 7) is 5.53. The fraction of sp³-hybridized carbons (Fsp3) is 0.318. The number of aryl methyl sites for hydroxylation is 1. The molecule has 1 saturated heterocycles. The monoisotopic (exact) mass is 366 g/mol. The van der Waals surface area contributed by atoms with E-state index in [9.17, 15) is 4.39 Å². The van der Waals surface area contributed by atoms with Crippen LogP contribution in [0.5, 0.6) is 0 Å². The lowest BCUT2D eigenvalue weighted by atomic mass is 10.0. The highest BCUT2D eigenvalue weighted by molar-refractivity contribution is 5.79. The summed E-state index contributed by atoms with van der Waals surface area (Å²) in [5, 5.41) is 0. The van der Waals surface area contributed by atoms with Gasteiger partial charge in [-0.25, -0.2) is 9.37 Å². The highest BCUT2D eigenvalue weighted by Crippen LogP contribution is 2.37. The van der Waals surface area contributed by atoms with Gasteiger partial charge in [0.15, 0.2) is 0 Å². The summed E-state index contributed by atoms with van der Waals surface area (Å²) in [5.41, 5.74) is 3.91. The van der Waals surface area contributed by atoms with Crippen molar-refractivity contribution in [1.82, 2.24) is 9.55 Å². The Bertz CT molecular complexity index is 923. The van der Waals surface area contributed by atoms with Gasteiger partial charge in [0, 0.05) is 17.7 Å². The number of aromatic nitrogens is 2. The summed E-state index contributed by atoms with van der Waals surface area (Å²) >= 11 is 0. The molecular formula is C22H23FN2O2. The number of benzene rings is 2. The number of ether oxygens (including phenoxy) is 2. The largest absolute Gasteiger partial charge is 0.376 e. The van der Waals surface area contributed by atoms with Gasteiger partial charge in [-0.3, -0.25) is 0 Å². The maximum Gasteiger partial charge on any atom is 0.132 e. The fourth-order valence-corrected chi connectivity index (χ4v) is 3.65. The van der Waals surface area contributed by atoms with Gasteiger partial charge in [0.1, 0.15) is 11.9 Å². The van der Waals surface area contributed by atoms with Crippen LogP contribution in [0.2, 0.25) is 0 Å². The second-order valence-electron chi connectivity index (χ2n) is 6.80. The van der Waals surface area contributed by atoms with Crippen molar-refractivity contribution in [3.8, 4) is 22.5 Å². The predicted octanol–water partition coefficient (Wildman–Crippen LogP) is 4.64. The first-order valence-electron chi connectivity index (χ1n) is 9.27. The molecule has 5 heteroatoms. The number of hydrogen-bond donors (Lipinski definition) is 0. The van der Waals surface area contributed by atoms with Crippen LogP contribution in [0, 0.1) is 12.7 Å². The molecule has 3 aromatic rings. The second kappa shape index (κ2) is 7.62. The molecule has 2 aromatic carbocycles. The lowest BCUT2D eigenvalue weighted by molar-refractivity contribution is 0.0364. The Morgan fingerprint density at radius 2 is 2.00 bits per heavy atom. The molecule has 0 bridgehead atoms. The molecule has 0 saturated carbocycles. The normalized spacial score (nSPS) is 19.5. The SMILES string of the molecule is CCO[C@H]1COC[C@@H]1n1cnc(-c2ccccc2)c1-c1ccc(C)cc1F. The zero-order chi connectivity index (χ0) is 18.8. The summed E-state index contributed by atoms with van der Waals surface area (Å²) in [6, 6.07) is 15.2. The third-order valence-electron chi connectivity index (χ3n) is 4.96. The standard InChI is InChI=1S/C22H23FN2O2/c1-3-27-20-13-26-12-19(20)25-14-24-21(16-7-5-4-6-8-16)22(25)17-10-9-15(2)11-18(17)23/h4-11,14,19-20H,3,12-13H2,1-2H3/t19-,20-/m0/s1. The molecular weight excluding hydrogens is 343 g/mol. The highest BCUT2D eigenvalue weighted by atomic mass is 19.1. The van der Waals surface area contributed by atoms with Crippen LogP contribution < -0.4 is 0 Å². The average Bonchev–Trinajstić information content (AvgIpc) is 3.29. The Morgan fingerprint density at radius 1 is 1.19 bits per heavy atom. The molecule has 140 valence electrons. The Labute approximate surface area is 158 Å². The van der Waals surface area contributed by atoms with Crippen molar-refractivity contribution in [2.24, 2.45) is 0 Å². The summed E-state index contributed by atoms with van der Waals surface area (Å²) < 4.78 is 28.5. The van der Waals surface area contributed by atoms with Crippen LogP contribution in [-0.2, 0) is 9.47 Å². The van der Waals surface area contributed by atoms with Gasteiger partial charge >= 0.3 is 0 Å². The minimum atomic E-state index is -0.249. The van der Waals surface area contributed by atoms with Crippen molar-refractivity contribution in [2.45, 2.75) is 26.0 Å². The highest BCUT2D eigenvalue weighted by Gasteiger charge is 2.33. The van der Waals surface area contributed by atoms with Crippen LogP contribution in [-0.4, -0.2) is 35.5 Å². The van der Waals surface area contributed by atoms with Gasteiger partial charge in [0.05, 0.1) is 37.0 Å². The average molecular weight is 366 g/mol. The van der Waals surface area contributed by atoms with E-state index in [1.54, 1.807) is 12.4 Å². The van der Waals surface area contributed by atoms with Gasteiger partial charge in [0.2, 0.25) is 0 Å². The Balaban J connectivity index is 1.89. The zero-order valence-corrected chi connectivity index (χ0v) is 15.6. The van der Waals surface area contributed by atoms with Crippen molar-refractivity contribution in [3.63, 3.8) is 0 Å². The van der Waals surface area contributed by atoms with Crippen LogP contribution in [0.15, 0.2) is 54.9 Å². The fourth-order valence-electron chi connectivity index (χ4n) is 3.65. The third-order valence-corrected chi connectivity index (χ3v) is 4.96. The molecule has 0 amide bonds. The van der Waals surface area contributed by atoms with Crippen LogP contribution in [0.4, 0.5) is 4.39 Å². The van der Waals surface area contributed by atoms with Crippen molar-refractivity contribution < 1.29 is 13.9 Å². The number of halogens is 1. The van der Waals surface area contributed by atoms with Gasteiger partial charge in [0.25, 0.3) is 0 Å². The van der Waals surface area contributed by atoms with Crippen molar-refractivity contribution >= 4 is 0 Å². The van der Waals surface area contributed by atoms with E-state index in [2.05, 4.69) is 4.98 Å². The Kier molecular flexibility index (Phi) is 5.05. The van der Waals surface area contributed by atoms with Gasteiger partial charge in [-0.2, -0.15) is 0 Å². The molecule has 0 unspecified atom stereocenters. The molecule has 0 aliphatic carbocycles. The summed E-state index contributed by atoms with van der Waals surface area (Å²) in [5.74, 6) is -0.249. The Morgan fingerprint density at radius 3 is 2.74 bits per heavy atom. The first kappa shape index (κ1) is 17.9. The van der Waals surface area contributed by atoms with Gasteiger partial charge in [-0.1, -0.05) is 36.4 Å². The maximum atomic E-state index is 14.9. The molecule has 0 radical (unpaired) electrons. The van der Waals surface area contributed by atoms with Crippen LogP contribution in [0.3, 0.4) is 0 Å². The van der Waals surface area contributed by atoms with E-state index in [1.165, 1.54) is 0 Å². The molecule has 2 heterocycles. The summed E-state index contributed by atoms with van der Waals surface area (Å²) in [7, 11) is 0. The van der Waals surface area contributed by atoms with Crippen LogP contribution >= 0.6 is 0 Å². The summed E-state index contributed by atoms with van der Waals surface area (Å²) in [6.07, 6.45) is 1.71. The molecule has 1 aromatic heterocycles.